The molecule has 1 aliphatic heterocycles. The number of aromatic nitrogens is 1. The van der Waals surface area contributed by atoms with E-state index in [4.69, 9.17) is 5.73 Å². The van der Waals surface area contributed by atoms with Gasteiger partial charge in [-0.1, -0.05) is 13.8 Å². The van der Waals surface area contributed by atoms with E-state index < -0.39 is 0 Å². The predicted molar refractivity (Wildman–Crippen MR) is 74.6 cm³/mol. The van der Waals surface area contributed by atoms with Crippen molar-refractivity contribution >= 4 is 16.5 Å². The Morgan fingerprint density at radius 3 is 2.65 bits per heavy atom. The van der Waals surface area contributed by atoms with Gasteiger partial charge in [0.25, 0.3) is 0 Å². The van der Waals surface area contributed by atoms with Crippen LogP contribution in [0.25, 0.3) is 0 Å². The van der Waals surface area contributed by atoms with Gasteiger partial charge >= 0.3 is 0 Å². The van der Waals surface area contributed by atoms with Crippen molar-refractivity contribution in [2.75, 3.05) is 18.0 Å². The standard InChI is InChI=1S/C13H23N3S/c1-8-5-6-16(7-9(8)2)13-15-11(4)12(17-13)10(3)14/h8-10H,5-7,14H2,1-4H3. The molecule has 1 aromatic rings. The first-order chi connectivity index (χ1) is 7.99. The summed E-state index contributed by atoms with van der Waals surface area (Å²) >= 11 is 1.77. The molecule has 96 valence electrons. The lowest BCUT2D eigenvalue weighted by Crippen LogP contribution is -2.38. The number of rotatable bonds is 2. The summed E-state index contributed by atoms with van der Waals surface area (Å²) in [6.07, 6.45) is 1.27. The second-order valence-electron chi connectivity index (χ2n) is 5.42. The van der Waals surface area contributed by atoms with E-state index in [0.717, 1.165) is 35.8 Å². The van der Waals surface area contributed by atoms with Crippen LogP contribution in [0.2, 0.25) is 0 Å². The molecule has 0 aliphatic carbocycles. The molecule has 2 rings (SSSR count). The maximum Gasteiger partial charge on any atom is 0.185 e. The molecule has 1 saturated heterocycles. The van der Waals surface area contributed by atoms with Crippen LogP contribution in [0.3, 0.4) is 0 Å². The van der Waals surface area contributed by atoms with Crippen LogP contribution in [-0.2, 0) is 0 Å². The SMILES string of the molecule is Cc1nc(N2CCC(C)C(C)C2)sc1C(C)N. The van der Waals surface area contributed by atoms with E-state index in [0.29, 0.717) is 0 Å². The fourth-order valence-electron chi connectivity index (χ4n) is 2.39. The molecule has 0 radical (unpaired) electrons. The van der Waals surface area contributed by atoms with E-state index >= 15 is 0 Å². The van der Waals surface area contributed by atoms with Crippen LogP contribution < -0.4 is 10.6 Å². The molecule has 2 heterocycles. The molecule has 1 fully saturated rings. The number of hydrogen-bond donors (Lipinski definition) is 1. The zero-order valence-corrected chi connectivity index (χ0v) is 12.0. The van der Waals surface area contributed by atoms with E-state index in [-0.39, 0.29) is 6.04 Å². The molecule has 4 heteroatoms. The number of aryl methyl sites for hydroxylation is 1. The van der Waals surface area contributed by atoms with Gasteiger partial charge in [-0.2, -0.15) is 0 Å². The summed E-state index contributed by atoms with van der Waals surface area (Å²) in [5, 5.41) is 1.16. The largest absolute Gasteiger partial charge is 0.348 e. The highest BCUT2D eigenvalue weighted by Gasteiger charge is 2.25. The first-order valence-corrected chi connectivity index (χ1v) is 7.28. The van der Waals surface area contributed by atoms with Crippen LogP contribution in [0.5, 0.6) is 0 Å². The summed E-state index contributed by atoms with van der Waals surface area (Å²) in [5.74, 6) is 1.59. The molecule has 0 spiro atoms. The summed E-state index contributed by atoms with van der Waals surface area (Å²) in [4.78, 5) is 8.33. The minimum atomic E-state index is 0.0994. The monoisotopic (exact) mass is 253 g/mol. The predicted octanol–water partition coefficient (Wildman–Crippen LogP) is 2.95. The third kappa shape index (κ3) is 2.63. The lowest BCUT2D eigenvalue weighted by atomic mass is 9.89. The van der Waals surface area contributed by atoms with Gasteiger partial charge in [0.2, 0.25) is 0 Å². The van der Waals surface area contributed by atoms with Crippen molar-refractivity contribution < 1.29 is 0 Å². The number of nitrogens with zero attached hydrogens (tertiary/aromatic N) is 2. The number of nitrogens with two attached hydrogens (primary N) is 1. The third-order valence-electron chi connectivity index (χ3n) is 3.84. The molecule has 3 unspecified atom stereocenters. The smallest absolute Gasteiger partial charge is 0.185 e. The van der Waals surface area contributed by atoms with Crippen molar-refractivity contribution in [1.29, 1.82) is 0 Å². The van der Waals surface area contributed by atoms with Crippen LogP contribution in [0.15, 0.2) is 0 Å². The topological polar surface area (TPSA) is 42.2 Å². The summed E-state index contributed by atoms with van der Waals surface area (Å²) < 4.78 is 0. The molecule has 0 aromatic carbocycles. The van der Waals surface area contributed by atoms with Crippen molar-refractivity contribution in [3.63, 3.8) is 0 Å². The summed E-state index contributed by atoms with van der Waals surface area (Å²) in [7, 11) is 0. The second-order valence-corrected chi connectivity index (χ2v) is 6.43. The maximum atomic E-state index is 5.96. The fourth-order valence-corrected chi connectivity index (χ4v) is 3.44. The van der Waals surface area contributed by atoms with Gasteiger partial charge in [0.15, 0.2) is 5.13 Å². The number of hydrogen-bond acceptors (Lipinski definition) is 4. The van der Waals surface area contributed by atoms with E-state index in [1.165, 1.54) is 11.3 Å². The molecular weight excluding hydrogens is 230 g/mol. The molecule has 0 amide bonds. The zero-order chi connectivity index (χ0) is 12.6. The van der Waals surface area contributed by atoms with Gasteiger partial charge in [0.05, 0.1) is 5.69 Å². The summed E-state index contributed by atoms with van der Waals surface area (Å²) in [5.41, 5.74) is 7.06. The molecule has 2 N–H and O–H groups in total. The highest BCUT2D eigenvalue weighted by atomic mass is 32.1. The van der Waals surface area contributed by atoms with Gasteiger partial charge in [-0.05, 0) is 32.1 Å². The second kappa shape index (κ2) is 4.94. The lowest BCUT2D eigenvalue weighted by Gasteiger charge is -2.35. The Bertz CT molecular complexity index is 386. The average molecular weight is 253 g/mol. The molecule has 3 atom stereocenters. The van der Waals surface area contributed by atoms with Crippen molar-refractivity contribution in [2.24, 2.45) is 17.6 Å². The zero-order valence-electron chi connectivity index (χ0n) is 11.2. The Morgan fingerprint density at radius 1 is 1.41 bits per heavy atom. The fraction of sp³-hybridized carbons (Fsp3) is 0.769. The number of thiazole rings is 1. The molecular formula is C13H23N3S. The molecule has 1 aromatic heterocycles. The number of anilines is 1. The van der Waals surface area contributed by atoms with Crippen LogP contribution in [0, 0.1) is 18.8 Å². The quantitative estimate of drug-likeness (QED) is 0.881. The van der Waals surface area contributed by atoms with Gasteiger partial charge in [0, 0.05) is 24.0 Å². The van der Waals surface area contributed by atoms with Crippen LogP contribution in [0.1, 0.15) is 43.8 Å². The Balaban J connectivity index is 2.15. The van der Waals surface area contributed by atoms with Crippen LogP contribution >= 0.6 is 11.3 Å². The van der Waals surface area contributed by atoms with Crippen molar-refractivity contribution in [2.45, 2.75) is 40.2 Å². The van der Waals surface area contributed by atoms with E-state index in [1.54, 1.807) is 11.3 Å². The van der Waals surface area contributed by atoms with E-state index in [2.05, 4.69) is 30.7 Å². The summed E-state index contributed by atoms with van der Waals surface area (Å²) in [6, 6.07) is 0.0994. The minimum Gasteiger partial charge on any atom is -0.348 e. The van der Waals surface area contributed by atoms with Gasteiger partial charge in [-0.25, -0.2) is 4.98 Å². The van der Waals surface area contributed by atoms with Gasteiger partial charge in [0.1, 0.15) is 0 Å². The molecule has 0 bridgehead atoms. The Labute approximate surface area is 108 Å². The summed E-state index contributed by atoms with van der Waals surface area (Å²) in [6.45, 7) is 11.1. The average Bonchev–Trinajstić information content (AvgIpc) is 2.64. The normalized spacial score (nSPS) is 27.2. The van der Waals surface area contributed by atoms with Crippen LogP contribution in [-0.4, -0.2) is 18.1 Å². The van der Waals surface area contributed by atoms with Gasteiger partial charge in [-0.3, -0.25) is 0 Å². The van der Waals surface area contributed by atoms with Gasteiger partial charge < -0.3 is 10.6 Å². The van der Waals surface area contributed by atoms with Crippen LogP contribution in [0.4, 0.5) is 5.13 Å². The Hall–Kier alpha value is -0.610. The first kappa shape index (κ1) is 12.8. The van der Waals surface area contributed by atoms with Gasteiger partial charge in [-0.15, -0.1) is 11.3 Å². The minimum absolute atomic E-state index is 0.0994. The molecule has 17 heavy (non-hydrogen) atoms. The van der Waals surface area contributed by atoms with Crippen molar-refractivity contribution in [1.82, 2.24) is 4.98 Å². The van der Waals surface area contributed by atoms with Crippen molar-refractivity contribution in [3.05, 3.63) is 10.6 Å². The Kier molecular flexibility index (Phi) is 3.73. The van der Waals surface area contributed by atoms with E-state index in [9.17, 15) is 0 Å². The highest BCUT2D eigenvalue weighted by molar-refractivity contribution is 7.15. The number of piperidine rings is 1. The molecule has 1 aliphatic rings. The highest BCUT2D eigenvalue weighted by Crippen LogP contribution is 2.33. The Morgan fingerprint density at radius 2 is 2.12 bits per heavy atom. The maximum absolute atomic E-state index is 5.96. The van der Waals surface area contributed by atoms with E-state index in [1.807, 2.05) is 6.92 Å². The molecule has 0 saturated carbocycles. The lowest BCUT2D eigenvalue weighted by molar-refractivity contribution is 0.324. The molecule has 3 nitrogen and oxygen atoms in total. The third-order valence-corrected chi connectivity index (χ3v) is 5.26. The van der Waals surface area contributed by atoms with Crippen molar-refractivity contribution in [3.8, 4) is 0 Å². The first-order valence-electron chi connectivity index (χ1n) is 6.47.